The van der Waals surface area contributed by atoms with Gasteiger partial charge in [-0.25, -0.2) is 0 Å². The zero-order valence-corrected chi connectivity index (χ0v) is 12.0. The minimum Gasteiger partial charge on any atom is -0.377 e. The summed E-state index contributed by atoms with van der Waals surface area (Å²) >= 11 is 0. The lowest BCUT2D eigenvalue weighted by atomic mass is 10.2. The third kappa shape index (κ3) is 4.60. The first-order valence-corrected chi connectivity index (χ1v) is 7.21. The second-order valence-corrected chi connectivity index (χ2v) is 5.25. The van der Waals surface area contributed by atoms with E-state index in [-0.39, 0.29) is 0 Å². The van der Waals surface area contributed by atoms with E-state index in [2.05, 4.69) is 22.3 Å². The maximum atomic E-state index is 5.24. The van der Waals surface area contributed by atoms with Crippen molar-refractivity contribution >= 4 is 0 Å². The largest absolute Gasteiger partial charge is 0.377 e. The number of aromatic nitrogens is 1. The zero-order chi connectivity index (χ0) is 13.5. The number of methoxy groups -OCH3 is 1. The number of hydrogen-bond acceptors (Lipinski definition) is 5. The summed E-state index contributed by atoms with van der Waals surface area (Å²) in [6.45, 7) is 6.93. The third-order valence-corrected chi connectivity index (χ3v) is 3.46. The van der Waals surface area contributed by atoms with Crippen molar-refractivity contribution in [2.45, 2.75) is 45.4 Å². The van der Waals surface area contributed by atoms with Gasteiger partial charge in [0.25, 0.3) is 0 Å². The van der Waals surface area contributed by atoms with E-state index in [1.54, 1.807) is 7.11 Å². The van der Waals surface area contributed by atoms with Crippen molar-refractivity contribution in [3.8, 4) is 0 Å². The Labute approximate surface area is 115 Å². The predicted octanol–water partition coefficient (Wildman–Crippen LogP) is 1.78. The van der Waals surface area contributed by atoms with Crippen molar-refractivity contribution in [3.63, 3.8) is 0 Å². The average Bonchev–Trinajstić information content (AvgIpc) is 3.02. The molecule has 1 aromatic rings. The van der Waals surface area contributed by atoms with Crippen LogP contribution in [0.4, 0.5) is 0 Å². The van der Waals surface area contributed by atoms with Crippen molar-refractivity contribution in [1.82, 2.24) is 15.4 Å². The first-order chi connectivity index (χ1) is 9.31. The summed E-state index contributed by atoms with van der Waals surface area (Å²) in [4.78, 5) is 2.46. The molecule has 1 fully saturated rings. The molecular formula is C14H25N3O2. The van der Waals surface area contributed by atoms with Crippen molar-refractivity contribution in [2.24, 2.45) is 0 Å². The molecule has 1 aliphatic heterocycles. The van der Waals surface area contributed by atoms with Crippen LogP contribution in [0, 0.1) is 0 Å². The summed E-state index contributed by atoms with van der Waals surface area (Å²) in [6, 6.07) is 2.63. The molecule has 0 bridgehead atoms. The molecule has 0 aliphatic carbocycles. The lowest BCUT2D eigenvalue weighted by Gasteiger charge is -2.24. The van der Waals surface area contributed by atoms with E-state index < -0.39 is 0 Å². The van der Waals surface area contributed by atoms with E-state index in [1.807, 2.05) is 6.07 Å². The van der Waals surface area contributed by atoms with Crippen molar-refractivity contribution in [3.05, 3.63) is 17.5 Å². The average molecular weight is 267 g/mol. The highest BCUT2D eigenvalue weighted by molar-refractivity contribution is 5.04. The summed E-state index contributed by atoms with van der Waals surface area (Å²) in [5.41, 5.74) is 0.999. The van der Waals surface area contributed by atoms with Crippen molar-refractivity contribution in [2.75, 3.05) is 26.7 Å². The molecule has 0 aromatic carbocycles. The van der Waals surface area contributed by atoms with Crippen LogP contribution in [0.15, 0.2) is 10.6 Å². The van der Waals surface area contributed by atoms with Gasteiger partial charge in [-0.1, -0.05) is 12.1 Å². The van der Waals surface area contributed by atoms with Crippen LogP contribution in [0.2, 0.25) is 0 Å². The summed E-state index contributed by atoms with van der Waals surface area (Å²) in [6.07, 6.45) is 3.75. The van der Waals surface area contributed by atoms with Crippen LogP contribution in [0.1, 0.15) is 37.6 Å². The highest BCUT2D eigenvalue weighted by atomic mass is 16.5. The highest BCUT2D eigenvalue weighted by Crippen LogP contribution is 2.12. The van der Waals surface area contributed by atoms with Gasteiger partial charge in [-0.3, -0.25) is 4.90 Å². The van der Waals surface area contributed by atoms with Crippen LogP contribution >= 0.6 is 0 Å². The minimum atomic E-state index is 0.491. The number of nitrogens with one attached hydrogen (secondary N) is 1. The predicted molar refractivity (Wildman–Crippen MR) is 73.8 cm³/mol. The Morgan fingerprint density at radius 3 is 3.16 bits per heavy atom. The van der Waals surface area contributed by atoms with Gasteiger partial charge in [-0.05, 0) is 32.4 Å². The van der Waals surface area contributed by atoms with E-state index >= 15 is 0 Å². The fourth-order valence-corrected chi connectivity index (χ4v) is 2.65. The molecule has 2 heterocycles. The maximum Gasteiger partial charge on any atom is 0.162 e. The summed E-state index contributed by atoms with van der Waals surface area (Å²) in [7, 11) is 1.66. The van der Waals surface area contributed by atoms with Gasteiger partial charge in [0.15, 0.2) is 5.76 Å². The van der Waals surface area contributed by atoms with Gasteiger partial charge >= 0.3 is 0 Å². The normalized spacial score (nSPS) is 19.4. The Morgan fingerprint density at radius 1 is 1.58 bits per heavy atom. The molecule has 1 N–H and O–H groups in total. The molecule has 0 radical (unpaired) electrons. The van der Waals surface area contributed by atoms with Gasteiger partial charge < -0.3 is 14.6 Å². The van der Waals surface area contributed by atoms with Crippen LogP contribution in [0.3, 0.4) is 0 Å². The quantitative estimate of drug-likeness (QED) is 0.778. The molecule has 5 heteroatoms. The van der Waals surface area contributed by atoms with E-state index in [0.29, 0.717) is 12.6 Å². The van der Waals surface area contributed by atoms with Gasteiger partial charge in [0.2, 0.25) is 0 Å². The zero-order valence-electron chi connectivity index (χ0n) is 12.0. The Kier molecular flexibility index (Phi) is 5.82. The maximum absolute atomic E-state index is 5.24. The molecule has 1 aromatic heterocycles. The molecule has 0 saturated carbocycles. The standard InChI is InChI=1S/C14H25N3O2/c1-3-7-17(9-12-5-4-6-15-12)10-13-8-14(11-18-2)19-16-13/h8,12,15H,3-7,9-11H2,1-2H3. The van der Waals surface area contributed by atoms with E-state index in [1.165, 1.54) is 12.8 Å². The van der Waals surface area contributed by atoms with E-state index in [9.17, 15) is 0 Å². The summed E-state index contributed by atoms with van der Waals surface area (Å²) in [5, 5.41) is 7.67. The van der Waals surface area contributed by atoms with Crippen molar-refractivity contribution in [1.29, 1.82) is 0 Å². The summed E-state index contributed by atoms with van der Waals surface area (Å²) in [5.74, 6) is 0.799. The second-order valence-electron chi connectivity index (χ2n) is 5.25. The lowest BCUT2D eigenvalue weighted by molar-refractivity contribution is 0.155. The SMILES string of the molecule is CCCN(Cc1cc(COC)on1)CC1CCCN1. The Balaban J connectivity index is 1.86. The number of nitrogens with zero attached hydrogens (tertiary/aromatic N) is 2. The molecule has 1 unspecified atom stereocenters. The van der Waals surface area contributed by atoms with Gasteiger partial charge in [0, 0.05) is 32.3 Å². The monoisotopic (exact) mass is 267 g/mol. The molecule has 108 valence electrons. The van der Waals surface area contributed by atoms with Crippen molar-refractivity contribution < 1.29 is 9.26 Å². The fourth-order valence-electron chi connectivity index (χ4n) is 2.65. The lowest BCUT2D eigenvalue weighted by Crippen LogP contribution is -2.37. The second kappa shape index (κ2) is 7.62. The fraction of sp³-hybridized carbons (Fsp3) is 0.786. The number of ether oxygens (including phenoxy) is 1. The topological polar surface area (TPSA) is 50.5 Å². The first kappa shape index (κ1) is 14.5. The van der Waals surface area contributed by atoms with E-state index in [0.717, 1.165) is 44.1 Å². The van der Waals surface area contributed by atoms with Crippen LogP contribution in [0.25, 0.3) is 0 Å². The van der Waals surface area contributed by atoms with Gasteiger partial charge in [-0.2, -0.15) is 0 Å². The Bertz CT molecular complexity index is 361. The van der Waals surface area contributed by atoms with Crippen LogP contribution in [0.5, 0.6) is 0 Å². The molecule has 2 rings (SSSR count). The van der Waals surface area contributed by atoms with Crippen LogP contribution < -0.4 is 5.32 Å². The van der Waals surface area contributed by atoms with Crippen LogP contribution in [-0.4, -0.2) is 42.8 Å². The number of rotatable bonds is 8. The molecule has 1 aliphatic rings. The van der Waals surface area contributed by atoms with E-state index in [4.69, 9.17) is 9.26 Å². The van der Waals surface area contributed by atoms with Gasteiger partial charge in [-0.15, -0.1) is 0 Å². The first-order valence-electron chi connectivity index (χ1n) is 7.21. The smallest absolute Gasteiger partial charge is 0.162 e. The molecule has 1 atom stereocenters. The Hall–Kier alpha value is -0.910. The summed E-state index contributed by atoms with van der Waals surface area (Å²) < 4.78 is 10.3. The molecule has 0 amide bonds. The molecule has 5 nitrogen and oxygen atoms in total. The third-order valence-electron chi connectivity index (χ3n) is 3.46. The molecule has 1 saturated heterocycles. The molecular weight excluding hydrogens is 242 g/mol. The van der Waals surface area contributed by atoms with Crippen LogP contribution in [-0.2, 0) is 17.9 Å². The molecule has 0 spiro atoms. The number of hydrogen-bond donors (Lipinski definition) is 1. The van der Waals surface area contributed by atoms with Gasteiger partial charge in [0.1, 0.15) is 6.61 Å². The van der Waals surface area contributed by atoms with Gasteiger partial charge in [0.05, 0.1) is 5.69 Å². The minimum absolute atomic E-state index is 0.491. The Morgan fingerprint density at radius 2 is 2.47 bits per heavy atom. The highest BCUT2D eigenvalue weighted by Gasteiger charge is 2.18. The molecule has 19 heavy (non-hydrogen) atoms.